The van der Waals surface area contributed by atoms with Crippen molar-refractivity contribution < 1.29 is 28.9 Å². The van der Waals surface area contributed by atoms with Crippen molar-refractivity contribution in [3.05, 3.63) is 0 Å². The molecule has 2 heterocycles. The van der Waals surface area contributed by atoms with Gasteiger partial charge in [-0.25, -0.2) is 0 Å². The van der Waals surface area contributed by atoms with Crippen molar-refractivity contribution in [1.82, 2.24) is 0 Å². The SMILES string of the molecule is CC(=O)OC[C@H]1OC(O)[C@@H]2OC(=O)C[C@H]12. The molecule has 0 spiro atoms. The molecular weight excluding hydrogens is 204 g/mol. The Balaban J connectivity index is 1.96. The number of aliphatic hydroxyl groups excluding tert-OH is 1. The van der Waals surface area contributed by atoms with E-state index in [4.69, 9.17) is 14.2 Å². The molecule has 0 aromatic heterocycles. The van der Waals surface area contributed by atoms with E-state index in [1.54, 1.807) is 0 Å². The minimum absolute atomic E-state index is 0.0458. The second kappa shape index (κ2) is 3.79. The van der Waals surface area contributed by atoms with Crippen LogP contribution in [0.4, 0.5) is 0 Å². The molecule has 15 heavy (non-hydrogen) atoms. The average Bonchev–Trinajstić information content (AvgIpc) is 2.64. The molecule has 0 bridgehead atoms. The van der Waals surface area contributed by atoms with Gasteiger partial charge in [0.05, 0.1) is 6.42 Å². The van der Waals surface area contributed by atoms with Gasteiger partial charge in [-0.05, 0) is 0 Å². The lowest BCUT2D eigenvalue weighted by Gasteiger charge is -2.13. The summed E-state index contributed by atoms with van der Waals surface area (Å²) in [6, 6.07) is 0. The van der Waals surface area contributed by atoms with Gasteiger partial charge in [-0.2, -0.15) is 0 Å². The predicted octanol–water partition coefficient (Wildman–Crippen LogP) is -0.802. The highest BCUT2D eigenvalue weighted by Crippen LogP contribution is 2.36. The van der Waals surface area contributed by atoms with Crippen LogP contribution in [0.1, 0.15) is 13.3 Å². The lowest BCUT2D eigenvalue weighted by Crippen LogP contribution is -2.25. The van der Waals surface area contributed by atoms with Crippen LogP contribution in [0.15, 0.2) is 0 Å². The van der Waals surface area contributed by atoms with E-state index in [9.17, 15) is 14.7 Å². The van der Waals surface area contributed by atoms with Gasteiger partial charge < -0.3 is 19.3 Å². The summed E-state index contributed by atoms with van der Waals surface area (Å²) in [4.78, 5) is 21.6. The summed E-state index contributed by atoms with van der Waals surface area (Å²) in [7, 11) is 0. The summed E-state index contributed by atoms with van der Waals surface area (Å²) in [5, 5.41) is 9.41. The van der Waals surface area contributed by atoms with Crippen LogP contribution in [-0.2, 0) is 23.8 Å². The molecule has 2 fully saturated rings. The van der Waals surface area contributed by atoms with Crippen LogP contribution in [-0.4, -0.2) is 42.1 Å². The molecule has 0 saturated carbocycles. The van der Waals surface area contributed by atoms with Crippen LogP contribution in [0, 0.1) is 5.92 Å². The van der Waals surface area contributed by atoms with Gasteiger partial charge in [0, 0.05) is 12.8 Å². The molecule has 1 N–H and O–H groups in total. The fourth-order valence-electron chi connectivity index (χ4n) is 1.93. The molecule has 0 amide bonds. The van der Waals surface area contributed by atoms with Crippen LogP contribution in [0.3, 0.4) is 0 Å². The third-order valence-electron chi connectivity index (χ3n) is 2.62. The lowest BCUT2D eigenvalue weighted by atomic mass is 9.98. The molecule has 6 heteroatoms. The zero-order valence-electron chi connectivity index (χ0n) is 8.21. The molecule has 0 aliphatic carbocycles. The molecule has 2 aliphatic rings. The Bertz CT molecular complexity index is 288. The summed E-state index contributed by atoms with van der Waals surface area (Å²) >= 11 is 0. The second-order valence-corrected chi connectivity index (χ2v) is 3.69. The predicted molar refractivity (Wildman–Crippen MR) is 45.5 cm³/mol. The lowest BCUT2D eigenvalue weighted by molar-refractivity contribution is -0.170. The second-order valence-electron chi connectivity index (χ2n) is 3.69. The van der Waals surface area contributed by atoms with Gasteiger partial charge in [0.2, 0.25) is 0 Å². The Morgan fingerprint density at radius 2 is 2.40 bits per heavy atom. The van der Waals surface area contributed by atoms with Crippen LogP contribution in [0.2, 0.25) is 0 Å². The number of hydrogen-bond acceptors (Lipinski definition) is 6. The monoisotopic (exact) mass is 216 g/mol. The normalized spacial score (nSPS) is 38.7. The summed E-state index contributed by atoms with van der Waals surface area (Å²) in [5.41, 5.74) is 0. The zero-order valence-corrected chi connectivity index (χ0v) is 8.21. The molecule has 84 valence electrons. The van der Waals surface area contributed by atoms with Crippen LogP contribution < -0.4 is 0 Å². The Morgan fingerprint density at radius 3 is 3.07 bits per heavy atom. The third kappa shape index (κ3) is 1.95. The fourth-order valence-corrected chi connectivity index (χ4v) is 1.93. The van der Waals surface area contributed by atoms with Crippen molar-refractivity contribution in [2.75, 3.05) is 6.61 Å². The summed E-state index contributed by atoms with van der Waals surface area (Å²) < 4.78 is 14.8. The number of hydrogen-bond donors (Lipinski definition) is 1. The van der Waals surface area contributed by atoms with E-state index >= 15 is 0 Å². The minimum atomic E-state index is -1.11. The fraction of sp³-hybridized carbons (Fsp3) is 0.778. The first-order chi connectivity index (χ1) is 7.08. The molecule has 2 saturated heterocycles. The van der Waals surface area contributed by atoms with Crippen molar-refractivity contribution in [3.8, 4) is 0 Å². The first-order valence-corrected chi connectivity index (χ1v) is 4.74. The maximum Gasteiger partial charge on any atom is 0.306 e. The highest BCUT2D eigenvalue weighted by molar-refractivity contribution is 5.72. The van der Waals surface area contributed by atoms with Crippen LogP contribution in [0.25, 0.3) is 0 Å². The van der Waals surface area contributed by atoms with Gasteiger partial charge in [0.25, 0.3) is 0 Å². The largest absolute Gasteiger partial charge is 0.463 e. The maximum absolute atomic E-state index is 11.0. The van der Waals surface area contributed by atoms with Gasteiger partial charge in [-0.15, -0.1) is 0 Å². The smallest absolute Gasteiger partial charge is 0.306 e. The molecule has 2 aliphatic heterocycles. The van der Waals surface area contributed by atoms with Crippen molar-refractivity contribution >= 4 is 11.9 Å². The number of aliphatic hydroxyl groups is 1. The number of fused-ring (bicyclic) bond motifs is 1. The first kappa shape index (κ1) is 10.4. The van der Waals surface area contributed by atoms with Gasteiger partial charge in [0.1, 0.15) is 12.7 Å². The summed E-state index contributed by atoms with van der Waals surface area (Å²) in [6.07, 6.45) is -1.98. The zero-order chi connectivity index (χ0) is 11.0. The molecule has 2 rings (SSSR count). The standard InChI is InChI=1S/C9H12O6/c1-4(10)13-3-6-5-2-7(11)15-8(5)9(12)14-6/h5-6,8-9,12H,2-3H2,1H3/t5-,6-,8-,9?/m1/s1. The van der Waals surface area contributed by atoms with E-state index in [0.29, 0.717) is 0 Å². The molecule has 0 aromatic rings. The highest BCUT2D eigenvalue weighted by atomic mass is 16.7. The van der Waals surface area contributed by atoms with Crippen molar-refractivity contribution in [3.63, 3.8) is 0 Å². The number of ether oxygens (including phenoxy) is 3. The van der Waals surface area contributed by atoms with E-state index in [-0.39, 0.29) is 24.9 Å². The maximum atomic E-state index is 11.0. The van der Waals surface area contributed by atoms with Crippen molar-refractivity contribution in [2.24, 2.45) is 5.92 Å². The Kier molecular flexibility index (Phi) is 2.62. The van der Waals surface area contributed by atoms with Gasteiger partial charge >= 0.3 is 11.9 Å². The van der Waals surface area contributed by atoms with Crippen LogP contribution in [0.5, 0.6) is 0 Å². The molecule has 6 nitrogen and oxygen atoms in total. The van der Waals surface area contributed by atoms with E-state index in [1.165, 1.54) is 6.92 Å². The Labute approximate surface area is 86.1 Å². The molecular formula is C9H12O6. The van der Waals surface area contributed by atoms with Gasteiger partial charge in [0.15, 0.2) is 12.4 Å². The van der Waals surface area contributed by atoms with Crippen molar-refractivity contribution in [1.29, 1.82) is 0 Å². The Morgan fingerprint density at radius 1 is 1.67 bits per heavy atom. The van der Waals surface area contributed by atoms with E-state index < -0.39 is 24.5 Å². The van der Waals surface area contributed by atoms with Crippen LogP contribution >= 0.6 is 0 Å². The van der Waals surface area contributed by atoms with Gasteiger partial charge in [-0.1, -0.05) is 0 Å². The van der Waals surface area contributed by atoms with E-state index in [1.807, 2.05) is 0 Å². The van der Waals surface area contributed by atoms with Crippen molar-refractivity contribution in [2.45, 2.75) is 31.8 Å². The topological polar surface area (TPSA) is 82.1 Å². The summed E-state index contributed by atoms with van der Waals surface area (Å²) in [6.45, 7) is 1.34. The summed E-state index contributed by atoms with van der Waals surface area (Å²) in [5.74, 6) is -0.978. The molecule has 0 aromatic carbocycles. The Hall–Kier alpha value is -1.14. The molecule has 1 unspecified atom stereocenters. The van der Waals surface area contributed by atoms with Gasteiger partial charge in [-0.3, -0.25) is 9.59 Å². The molecule has 0 radical (unpaired) electrons. The number of rotatable bonds is 2. The number of esters is 2. The van der Waals surface area contributed by atoms with E-state index in [2.05, 4.69) is 0 Å². The average molecular weight is 216 g/mol. The first-order valence-electron chi connectivity index (χ1n) is 4.74. The molecule has 4 atom stereocenters. The number of carbonyl (C=O) groups excluding carboxylic acids is 2. The number of carbonyl (C=O) groups is 2. The minimum Gasteiger partial charge on any atom is -0.463 e. The quantitative estimate of drug-likeness (QED) is 0.608. The van der Waals surface area contributed by atoms with E-state index in [0.717, 1.165) is 0 Å². The highest BCUT2D eigenvalue weighted by Gasteiger charge is 2.51. The third-order valence-corrected chi connectivity index (χ3v) is 2.62.